The maximum atomic E-state index is 12.6. The highest BCUT2D eigenvalue weighted by atomic mass is 79.9. The number of aromatic nitrogens is 5. The Kier molecular flexibility index (Phi) is 6.83. The molecule has 1 aromatic carbocycles. The number of halogens is 2. The molecule has 0 aliphatic carbocycles. The molecule has 31 heavy (non-hydrogen) atoms. The van der Waals surface area contributed by atoms with E-state index in [0.717, 1.165) is 20.3 Å². The van der Waals surface area contributed by atoms with Gasteiger partial charge < -0.3 is 9.73 Å². The fourth-order valence-electron chi connectivity index (χ4n) is 2.83. The van der Waals surface area contributed by atoms with Crippen LogP contribution in [0.1, 0.15) is 11.3 Å². The van der Waals surface area contributed by atoms with Gasteiger partial charge in [0, 0.05) is 21.3 Å². The van der Waals surface area contributed by atoms with E-state index >= 15 is 0 Å². The summed E-state index contributed by atoms with van der Waals surface area (Å²) in [5.74, 6) is 1.29. The Morgan fingerprint density at radius 2 is 2.03 bits per heavy atom. The Hall–Kier alpha value is -2.50. The first-order valence-electron chi connectivity index (χ1n) is 9.11. The highest BCUT2D eigenvalue weighted by Gasteiger charge is 2.18. The molecule has 0 bridgehead atoms. The second-order valence-electron chi connectivity index (χ2n) is 6.50. The molecule has 1 amide bonds. The quantitative estimate of drug-likeness (QED) is 0.318. The predicted molar refractivity (Wildman–Crippen MR) is 125 cm³/mol. The van der Waals surface area contributed by atoms with E-state index in [9.17, 15) is 4.79 Å². The van der Waals surface area contributed by atoms with Crippen LogP contribution in [0.5, 0.6) is 0 Å². The Balaban J connectivity index is 1.53. The topological polar surface area (TPSA) is 98.7 Å². The van der Waals surface area contributed by atoms with E-state index in [1.54, 1.807) is 24.9 Å². The van der Waals surface area contributed by atoms with Crippen molar-refractivity contribution in [3.63, 3.8) is 0 Å². The van der Waals surface area contributed by atoms with Crippen LogP contribution < -0.4 is 5.32 Å². The van der Waals surface area contributed by atoms with Crippen LogP contribution >= 0.6 is 43.6 Å². The van der Waals surface area contributed by atoms with Crippen molar-refractivity contribution in [2.75, 3.05) is 11.1 Å². The van der Waals surface area contributed by atoms with Gasteiger partial charge in [0.15, 0.2) is 11.0 Å². The smallest absolute Gasteiger partial charge is 0.234 e. The molecule has 0 saturated carbocycles. The molecule has 3 heterocycles. The molecule has 0 atom stereocenters. The average Bonchev–Trinajstić information content (AvgIpc) is 3.40. The van der Waals surface area contributed by atoms with E-state index in [1.165, 1.54) is 11.8 Å². The molecular weight excluding hydrogens is 548 g/mol. The summed E-state index contributed by atoms with van der Waals surface area (Å²) in [5.41, 5.74) is 2.35. The number of benzene rings is 1. The number of nitrogens with one attached hydrogen (secondary N) is 1. The van der Waals surface area contributed by atoms with Gasteiger partial charge in [0.05, 0.1) is 30.4 Å². The SMILES string of the molecule is Cc1cc(Br)c(NC(=O)CSc2nnc(-c3cnccn3)n2Cc2ccco2)c(Br)c1. The maximum Gasteiger partial charge on any atom is 0.234 e. The third-order valence-corrected chi connectivity index (χ3v) is 6.40. The predicted octanol–water partition coefficient (Wildman–Crippen LogP) is 4.94. The van der Waals surface area contributed by atoms with E-state index in [-0.39, 0.29) is 11.7 Å². The Bertz CT molecular complexity index is 1170. The number of nitrogens with zero attached hydrogens (tertiary/aromatic N) is 5. The van der Waals surface area contributed by atoms with E-state index in [0.29, 0.717) is 28.9 Å². The third kappa shape index (κ3) is 5.23. The fourth-order valence-corrected chi connectivity index (χ4v) is 5.18. The minimum atomic E-state index is -0.163. The van der Waals surface area contributed by atoms with Crippen molar-refractivity contribution >= 4 is 55.2 Å². The molecule has 0 saturated heterocycles. The van der Waals surface area contributed by atoms with Gasteiger partial charge in [-0.25, -0.2) is 4.98 Å². The highest BCUT2D eigenvalue weighted by molar-refractivity contribution is 9.11. The molecule has 0 aliphatic heterocycles. The fraction of sp³-hybridized carbons (Fsp3) is 0.150. The summed E-state index contributed by atoms with van der Waals surface area (Å²) in [6, 6.07) is 7.58. The average molecular weight is 564 g/mol. The van der Waals surface area contributed by atoms with Crippen molar-refractivity contribution in [3.8, 4) is 11.5 Å². The van der Waals surface area contributed by atoms with Crippen molar-refractivity contribution < 1.29 is 9.21 Å². The third-order valence-electron chi connectivity index (χ3n) is 4.19. The number of hydrogen-bond donors (Lipinski definition) is 1. The molecular formula is C20H16Br2N6O2S. The lowest BCUT2D eigenvalue weighted by atomic mass is 10.2. The monoisotopic (exact) mass is 562 g/mol. The van der Waals surface area contributed by atoms with Crippen LogP contribution in [0.15, 0.2) is 67.6 Å². The van der Waals surface area contributed by atoms with Gasteiger partial charge in [-0.3, -0.25) is 14.3 Å². The second-order valence-corrected chi connectivity index (χ2v) is 9.15. The summed E-state index contributed by atoms with van der Waals surface area (Å²) in [7, 11) is 0. The van der Waals surface area contributed by atoms with Gasteiger partial charge in [-0.2, -0.15) is 0 Å². The van der Waals surface area contributed by atoms with Crippen LogP contribution in [0.3, 0.4) is 0 Å². The lowest BCUT2D eigenvalue weighted by Crippen LogP contribution is -2.15. The number of hydrogen-bond acceptors (Lipinski definition) is 7. The zero-order valence-corrected chi connectivity index (χ0v) is 20.2. The van der Waals surface area contributed by atoms with Crippen LogP contribution in [-0.2, 0) is 11.3 Å². The van der Waals surface area contributed by atoms with Gasteiger partial charge in [0.2, 0.25) is 5.91 Å². The summed E-state index contributed by atoms with van der Waals surface area (Å²) in [5, 5.41) is 12.0. The Morgan fingerprint density at radius 3 is 2.71 bits per heavy atom. The first-order valence-corrected chi connectivity index (χ1v) is 11.7. The van der Waals surface area contributed by atoms with E-state index in [4.69, 9.17) is 4.42 Å². The number of thioether (sulfide) groups is 1. The van der Waals surface area contributed by atoms with Gasteiger partial charge in [0.25, 0.3) is 0 Å². The maximum absolute atomic E-state index is 12.6. The van der Waals surface area contributed by atoms with Gasteiger partial charge in [-0.1, -0.05) is 11.8 Å². The summed E-state index contributed by atoms with van der Waals surface area (Å²) in [6.45, 7) is 2.39. The lowest BCUT2D eigenvalue weighted by Gasteiger charge is -2.11. The number of amides is 1. The molecule has 0 radical (unpaired) electrons. The molecule has 1 N–H and O–H groups in total. The van der Waals surface area contributed by atoms with Gasteiger partial charge >= 0.3 is 0 Å². The van der Waals surface area contributed by atoms with Crippen LogP contribution in [0.25, 0.3) is 11.5 Å². The largest absolute Gasteiger partial charge is 0.467 e. The van der Waals surface area contributed by atoms with Gasteiger partial charge in [0.1, 0.15) is 11.5 Å². The van der Waals surface area contributed by atoms with Crippen molar-refractivity contribution in [1.82, 2.24) is 24.7 Å². The van der Waals surface area contributed by atoms with Crippen molar-refractivity contribution in [2.24, 2.45) is 0 Å². The van der Waals surface area contributed by atoms with Crippen molar-refractivity contribution in [1.29, 1.82) is 0 Å². The first kappa shape index (κ1) is 21.7. The zero-order valence-electron chi connectivity index (χ0n) is 16.2. The minimum absolute atomic E-state index is 0.156. The summed E-state index contributed by atoms with van der Waals surface area (Å²) in [4.78, 5) is 21.0. The molecule has 0 fully saturated rings. The summed E-state index contributed by atoms with van der Waals surface area (Å²) in [6.07, 6.45) is 6.42. The van der Waals surface area contributed by atoms with Crippen LogP contribution in [-0.4, -0.2) is 36.4 Å². The molecule has 158 valence electrons. The molecule has 3 aromatic heterocycles. The summed E-state index contributed by atoms with van der Waals surface area (Å²) >= 11 is 8.27. The Labute approximate surface area is 199 Å². The second kappa shape index (κ2) is 9.75. The standard InChI is InChI=1S/C20H16Br2N6O2S/c1-12-7-14(21)18(15(22)8-12)25-17(29)11-31-20-27-26-19(16-9-23-4-5-24-16)28(20)10-13-3-2-6-30-13/h2-9H,10-11H2,1H3,(H,25,29). The molecule has 0 aliphatic rings. The van der Waals surface area contributed by atoms with Crippen LogP contribution in [0.2, 0.25) is 0 Å². The molecule has 0 spiro atoms. The normalized spacial score (nSPS) is 10.9. The van der Waals surface area contributed by atoms with Crippen LogP contribution in [0.4, 0.5) is 5.69 Å². The lowest BCUT2D eigenvalue weighted by molar-refractivity contribution is -0.113. The summed E-state index contributed by atoms with van der Waals surface area (Å²) < 4.78 is 8.96. The number of carbonyl (C=O) groups is 1. The van der Waals surface area contributed by atoms with Gasteiger partial charge in [-0.15, -0.1) is 10.2 Å². The first-order chi connectivity index (χ1) is 15.0. The zero-order chi connectivity index (χ0) is 21.8. The highest BCUT2D eigenvalue weighted by Crippen LogP contribution is 2.32. The van der Waals surface area contributed by atoms with E-state index < -0.39 is 0 Å². The van der Waals surface area contributed by atoms with Crippen molar-refractivity contribution in [2.45, 2.75) is 18.6 Å². The minimum Gasteiger partial charge on any atom is -0.467 e. The number of rotatable bonds is 7. The number of aryl methyl sites for hydroxylation is 1. The number of furan rings is 1. The Morgan fingerprint density at radius 1 is 1.23 bits per heavy atom. The van der Waals surface area contributed by atoms with Gasteiger partial charge in [-0.05, 0) is 68.6 Å². The number of anilines is 1. The molecule has 11 heteroatoms. The molecule has 4 rings (SSSR count). The van der Waals surface area contributed by atoms with Crippen molar-refractivity contribution in [3.05, 3.63) is 69.4 Å². The number of carbonyl (C=O) groups excluding carboxylic acids is 1. The molecule has 8 nitrogen and oxygen atoms in total. The molecule has 4 aromatic rings. The molecule has 0 unspecified atom stereocenters. The van der Waals surface area contributed by atoms with E-state index in [1.807, 2.05) is 35.8 Å². The van der Waals surface area contributed by atoms with Crippen LogP contribution in [0, 0.1) is 6.92 Å². The van der Waals surface area contributed by atoms with E-state index in [2.05, 4.69) is 57.3 Å².